The number of aromatic nitrogens is 1. The number of rotatable bonds is 7. The van der Waals surface area contributed by atoms with Crippen molar-refractivity contribution in [3.8, 4) is 5.88 Å². The van der Waals surface area contributed by atoms with Crippen LogP contribution in [-0.2, 0) is 13.2 Å². The minimum Gasteiger partial charge on any atom is -0.473 e. The molecule has 0 radical (unpaired) electrons. The summed E-state index contributed by atoms with van der Waals surface area (Å²) >= 11 is 0. The standard InChI is InChI=1S/C19H26N4O.HI/c1-4-20-19(23-15(2)3)22-13-17-11-8-12-21-18(17)24-14-16-9-6-5-7-10-16;/h5-12,15H,4,13-14H2,1-3H3,(H2,20,22,23);1H. The number of hydrogen-bond donors (Lipinski definition) is 2. The van der Waals surface area contributed by atoms with Crippen LogP contribution in [0.2, 0.25) is 0 Å². The second-order valence-corrected chi connectivity index (χ2v) is 5.74. The second kappa shape index (κ2) is 11.7. The average molecular weight is 454 g/mol. The number of ether oxygens (including phenoxy) is 1. The maximum Gasteiger partial charge on any atom is 0.218 e. The van der Waals surface area contributed by atoms with Crippen LogP contribution in [0.5, 0.6) is 5.88 Å². The molecule has 0 aliphatic carbocycles. The highest BCUT2D eigenvalue weighted by Crippen LogP contribution is 2.17. The Hall–Kier alpha value is -1.83. The van der Waals surface area contributed by atoms with E-state index in [4.69, 9.17) is 4.74 Å². The average Bonchev–Trinajstić information content (AvgIpc) is 2.59. The fourth-order valence-electron chi connectivity index (χ4n) is 2.16. The zero-order valence-corrected chi connectivity index (χ0v) is 17.4. The Labute approximate surface area is 167 Å². The van der Waals surface area contributed by atoms with Crippen LogP contribution in [0.25, 0.3) is 0 Å². The van der Waals surface area contributed by atoms with E-state index in [1.165, 1.54) is 0 Å². The summed E-state index contributed by atoms with van der Waals surface area (Å²) in [5.41, 5.74) is 2.09. The highest BCUT2D eigenvalue weighted by Gasteiger charge is 2.06. The van der Waals surface area contributed by atoms with Gasteiger partial charge in [-0.1, -0.05) is 36.4 Å². The van der Waals surface area contributed by atoms with E-state index in [2.05, 4.69) is 41.4 Å². The molecule has 25 heavy (non-hydrogen) atoms. The molecule has 0 bridgehead atoms. The molecule has 2 N–H and O–H groups in total. The SMILES string of the molecule is CCNC(=NCc1cccnc1OCc1ccccc1)NC(C)C.I. The number of nitrogens with zero attached hydrogens (tertiary/aromatic N) is 2. The van der Waals surface area contributed by atoms with Crippen LogP contribution in [0.4, 0.5) is 0 Å². The molecule has 2 rings (SSSR count). The van der Waals surface area contributed by atoms with Crippen molar-refractivity contribution in [2.24, 2.45) is 4.99 Å². The number of benzene rings is 1. The first-order valence-corrected chi connectivity index (χ1v) is 8.34. The van der Waals surface area contributed by atoms with E-state index >= 15 is 0 Å². The van der Waals surface area contributed by atoms with Crippen LogP contribution < -0.4 is 15.4 Å². The van der Waals surface area contributed by atoms with Gasteiger partial charge in [-0.25, -0.2) is 9.98 Å². The lowest BCUT2D eigenvalue weighted by atomic mass is 10.2. The van der Waals surface area contributed by atoms with E-state index in [-0.39, 0.29) is 24.0 Å². The zero-order valence-electron chi connectivity index (χ0n) is 15.0. The van der Waals surface area contributed by atoms with Gasteiger partial charge >= 0.3 is 0 Å². The largest absolute Gasteiger partial charge is 0.473 e. The van der Waals surface area contributed by atoms with Gasteiger partial charge in [-0.3, -0.25) is 0 Å². The molecule has 6 heteroatoms. The molecule has 0 atom stereocenters. The Kier molecular flexibility index (Phi) is 9.91. The predicted octanol–water partition coefficient (Wildman–Crippen LogP) is 3.74. The van der Waals surface area contributed by atoms with Gasteiger partial charge in [0.2, 0.25) is 5.88 Å². The molecule has 2 aromatic rings. The van der Waals surface area contributed by atoms with E-state index in [0.29, 0.717) is 25.1 Å². The van der Waals surface area contributed by atoms with E-state index in [0.717, 1.165) is 23.6 Å². The summed E-state index contributed by atoms with van der Waals surface area (Å²) < 4.78 is 5.88. The smallest absolute Gasteiger partial charge is 0.218 e. The van der Waals surface area contributed by atoms with Gasteiger partial charge < -0.3 is 15.4 Å². The monoisotopic (exact) mass is 454 g/mol. The maximum absolute atomic E-state index is 5.88. The third-order valence-electron chi connectivity index (χ3n) is 3.25. The third-order valence-corrected chi connectivity index (χ3v) is 3.25. The number of guanidine groups is 1. The topological polar surface area (TPSA) is 58.5 Å². The molecule has 0 fully saturated rings. The van der Waals surface area contributed by atoms with Crippen molar-refractivity contribution in [3.63, 3.8) is 0 Å². The summed E-state index contributed by atoms with van der Waals surface area (Å²) in [6.45, 7) is 8.06. The summed E-state index contributed by atoms with van der Waals surface area (Å²) in [6.07, 6.45) is 1.74. The van der Waals surface area contributed by atoms with Crippen LogP contribution >= 0.6 is 24.0 Å². The van der Waals surface area contributed by atoms with Gasteiger partial charge in [-0.05, 0) is 32.4 Å². The van der Waals surface area contributed by atoms with Crippen molar-refractivity contribution >= 4 is 29.9 Å². The lowest BCUT2D eigenvalue weighted by molar-refractivity contribution is 0.290. The van der Waals surface area contributed by atoms with Crippen molar-refractivity contribution in [2.45, 2.75) is 40.0 Å². The van der Waals surface area contributed by atoms with E-state index in [9.17, 15) is 0 Å². The van der Waals surface area contributed by atoms with Crippen LogP contribution in [0.1, 0.15) is 31.9 Å². The number of pyridine rings is 1. The van der Waals surface area contributed by atoms with Crippen molar-refractivity contribution in [3.05, 3.63) is 59.8 Å². The van der Waals surface area contributed by atoms with Gasteiger partial charge in [0, 0.05) is 24.3 Å². The molecule has 0 amide bonds. The molecule has 0 aliphatic heterocycles. The Bertz CT molecular complexity index is 647. The van der Waals surface area contributed by atoms with Crippen molar-refractivity contribution < 1.29 is 4.74 Å². The molecule has 136 valence electrons. The van der Waals surface area contributed by atoms with Crippen molar-refractivity contribution in [2.75, 3.05) is 6.54 Å². The van der Waals surface area contributed by atoms with Crippen molar-refractivity contribution in [1.82, 2.24) is 15.6 Å². The molecule has 0 saturated heterocycles. The summed E-state index contributed by atoms with van der Waals surface area (Å²) in [5.74, 6) is 1.43. The van der Waals surface area contributed by atoms with E-state index in [1.807, 2.05) is 42.5 Å². The molecule has 5 nitrogen and oxygen atoms in total. The highest BCUT2D eigenvalue weighted by molar-refractivity contribution is 14.0. The lowest BCUT2D eigenvalue weighted by Crippen LogP contribution is -2.41. The highest BCUT2D eigenvalue weighted by atomic mass is 127. The van der Waals surface area contributed by atoms with Crippen molar-refractivity contribution in [1.29, 1.82) is 0 Å². The zero-order chi connectivity index (χ0) is 17.2. The number of aliphatic imine (C=N–C) groups is 1. The summed E-state index contributed by atoms with van der Waals surface area (Å²) in [7, 11) is 0. The van der Waals surface area contributed by atoms with Gasteiger partial charge in [0.05, 0.1) is 6.54 Å². The quantitative estimate of drug-likeness (QED) is 0.380. The second-order valence-electron chi connectivity index (χ2n) is 5.74. The lowest BCUT2D eigenvalue weighted by Gasteiger charge is -2.14. The molecule has 0 spiro atoms. The normalized spacial score (nSPS) is 11.0. The number of hydrogen-bond acceptors (Lipinski definition) is 3. The fourth-order valence-corrected chi connectivity index (χ4v) is 2.16. The molecular weight excluding hydrogens is 427 g/mol. The van der Waals surface area contributed by atoms with Gasteiger partial charge in [-0.2, -0.15) is 0 Å². The van der Waals surface area contributed by atoms with Gasteiger partial charge in [-0.15, -0.1) is 24.0 Å². The van der Waals surface area contributed by atoms with Crippen LogP contribution in [0.3, 0.4) is 0 Å². The number of nitrogens with one attached hydrogen (secondary N) is 2. The molecule has 1 heterocycles. The Morgan fingerprint density at radius 1 is 1.16 bits per heavy atom. The van der Waals surface area contributed by atoms with Gasteiger partial charge in [0.1, 0.15) is 6.61 Å². The molecule has 1 aromatic heterocycles. The first-order valence-electron chi connectivity index (χ1n) is 8.34. The first kappa shape index (κ1) is 21.2. The third kappa shape index (κ3) is 7.72. The maximum atomic E-state index is 5.88. The summed E-state index contributed by atoms with van der Waals surface area (Å²) in [6, 6.07) is 14.3. The molecular formula is C19H27IN4O. The molecule has 1 aromatic carbocycles. The molecule has 0 aliphatic rings. The van der Waals surface area contributed by atoms with Crippen LogP contribution in [0, 0.1) is 0 Å². The summed E-state index contributed by atoms with van der Waals surface area (Å²) in [5, 5.41) is 6.55. The summed E-state index contributed by atoms with van der Waals surface area (Å²) in [4.78, 5) is 8.96. The Balaban J connectivity index is 0.00000312. The minimum absolute atomic E-state index is 0. The van der Waals surface area contributed by atoms with Gasteiger partial charge in [0.25, 0.3) is 0 Å². The minimum atomic E-state index is 0. The van der Waals surface area contributed by atoms with Gasteiger partial charge in [0.15, 0.2) is 5.96 Å². The Morgan fingerprint density at radius 3 is 2.60 bits per heavy atom. The predicted molar refractivity (Wildman–Crippen MR) is 114 cm³/mol. The fraction of sp³-hybridized carbons (Fsp3) is 0.368. The van der Waals surface area contributed by atoms with Crippen LogP contribution in [-0.4, -0.2) is 23.5 Å². The molecule has 0 saturated carbocycles. The Morgan fingerprint density at radius 2 is 1.92 bits per heavy atom. The van der Waals surface area contributed by atoms with E-state index in [1.54, 1.807) is 6.20 Å². The first-order chi connectivity index (χ1) is 11.7. The van der Waals surface area contributed by atoms with Crippen LogP contribution in [0.15, 0.2) is 53.7 Å². The molecule has 0 unspecified atom stereocenters. The number of halogens is 1. The van der Waals surface area contributed by atoms with E-state index < -0.39 is 0 Å².